The van der Waals surface area contributed by atoms with Gasteiger partial charge in [0.25, 0.3) is 5.91 Å². The molecule has 0 radical (unpaired) electrons. The first-order valence-electron chi connectivity index (χ1n) is 6.90. The Bertz CT molecular complexity index is 766. The minimum atomic E-state index is -3.04. The van der Waals surface area contributed by atoms with E-state index in [0.717, 1.165) is 11.1 Å². The van der Waals surface area contributed by atoms with Gasteiger partial charge in [-0.2, -0.15) is 0 Å². The van der Waals surface area contributed by atoms with E-state index in [1.165, 1.54) is 16.7 Å². The van der Waals surface area contributed by atoms with Crippen LogP contribution in [0.2, 0.25) is 0 Å². The van der Waals surface area contributed by atoms with Crippen molar-refractivity contribution in [3.8, 4) is 0 Å². The molecule has 1 amide bonds. The summed E-state index contributed by atoms with van der Waals surface area (Å²) in [5.74, 6) is -0.0409. The maximum atomic E-state index is 12.5. The minimum absolute atomic E-state index is 0.0112. The van der Waals surface area contributed by atoms with E-state index in [1.807, 2.05) is 37.3 Å². The summed E-state index contributed by atoms with van der Waals surface area (Å²) in [7, 11) is -3.04. The number of carbonyl (C=O) groups is 1. The van der Waals surface area contributed by atoms with Crippen molar-refractivity contribution in [3.63, 3.8) is 0 Å². The van der Waals surface area contributed by atoms with E-state index in [0.29, 0.717) is 15.6 Å². The summed E-state index contributed by atoms with van der Waals surface area (Å²) in [5.41, 5.74) is 2.09. The second-order valence-electron chi connectivity index (χ2n) is 5.52. The van der Waals surface area contributed by atoms with Crippen LogP contribution in [0.5, 0.6) is 0 Å². The number of benzene rings is 1. The lowest BCUT2D eigenvalue weighted by Crippen LogP contribution is -2.39. The molecule has 0 unspecified atom stereocenters. The van der Waals surface area contributed by atoms with Gasteiger partial charge < -0.3 is 0 Å². The zero-order valence-corrected chi connectivity index (χ0v) is 14.4. The second kappa shape index (κ2) is 5.79. The summed E-state index contributed by atoms with van der Waals surface area (Å²) in [6, 6.07) is 7.54. The van der Waals surface area contributed by atoms with Crippen molar-refractivity contribution in [2.45, 2.75) is 19.4 Å². The Balaban J connectivity index is 1.84. The molecule has 2 heterocycles. The van der Waals surface area contributed by atoms with Gasteiger partial charge in [0.2, 0.25) is 0 Å². The van der Waals surface area contributed by atoms with Gasteiger partial charge in [0, 0.05) is 0 Å². The number of hydrogen-bond donors (Lipinski definition) is 0. The zero-order chi connectivity index (χ0) is 15.9. The summed E-state index contributed by atoms with van der Waals surface area (Å²) in [6.07, 6.45) is 2.27. The Morgan fingerprint density at radius 1 is 1.32 bits per heavy atom. The lowest BCUT2D eigenvalue weighted by Gasteiger charge is -2.20. The molecule has 1 aromatic carbocycles. The molecule has 2 aliphatic heterocycles. The average Bonchev–Trinajstić information content (AvgIpc) is 2.93. The number of nitrogens with zero attached hydrogens (tertiary/aromatic N) is 1. The van der Waals surface area contributed by atoms with Gasteiger partial charge >= 0.3 is 0 Å². The van der Waals surface area contributed by atoms with Gasteiger partial charge in [-0.05, 0) is 25.0 Å². The Morgan fingerprint density at radius 2 is 2.00 bits per heavy atom. The maximum Gasteiger partial charge on any atom is 0.266 e. The van der Waals surface area contributed by atoms with Gasteiger partial charge in [-0.15, -0.1) is 0 Å². The minimum Gasteiger partial charge on any atom is -0.289 e. The van der Waals surface area contributed by atoms with Crippen LogP contribution in [0.1, 0.15) is 17.5 Å². The first-order valence-corrected chi connectivity index (χ1v) is 9.94. The van der Waals surface area contributed by atoms with E-state index < -0.39 is 9.84 Å². The number of sulfone groups is 1. The first-order chi connectivity index (χ1) is 10.4. The highest BCUT2D eigenvalue weighted by Gasteiger charge is 2.41. The largest absolute Gasteiger partial charge is 0.289 e. The van der Waals surface area contributed by atoms with Crippen molar-refractivity contribution in [2.24, 2.45) is 0 Å². The fourth-order valence-electron chi connectivity index (χ4n) is 2.59. The third-order valence-electron chi connectivity index (χ3n) is 3.77. The molecule has 3 rings (SSSR count). The zero-order valence-electron chi connectivity index (χ0n) is 12.0. The van der Waals surface area contributed by atoms with Crippen LogP contribution in [0.3, 0.4) is 0 Å². The van der Waals surface area contributed by atoms with E-state index >= 15 is 0 Å². The molecule has 2 aliphatic rings. The van der Waals surface area contributed by atoms with Crippen LogP contribution in [-0.2, 0) is 14.6 Å². The highest BCUT2D eigenvalue weighted by atomic mass is 32.2. The highest BCUT2D eigenvalue weighted by molar-refractivity contribution is 8.26. The molecule has 0 saturated carbocycles. The molecule has 116 valence electrons. The molecule has 2 saturated heterocycles. The van der Waals surface area contributed by atoms with Crippen LogP contribution in [0.25, 0.3) is 6.08 Å². The maximum absolute atomic E-state index is 12.5. The third-order valence-corrected chi connectivity index (χ3v) is 6.85. The van der Waals surface area contributed by atoms with Crippen LogP contribution < -0.4 is 0 Å². The molecule has 22 heavy (non-hydrogen) atoms. The molecule has 4 nitrogen and oxygen atoms in total. The number of aryl methyl sites for hydroxylation is 1. The van der Waals surface area contributed by atoms with Crippen molar-refractivity contribution in [1.82, 2.24) is 4.90 Å². The average molecular weight is 353 g/mol. The smallest absolute Gasteiger partial charge is 0.266 e. The third kappa shape index (κ3) is 3.11. The number of thioether (sulfide) groups is 1. The summed E-state index contributed by atoms with van der Waals surface area (Å²) in [5, 5.41) is 0. The van der Waals surface area contributed by atoms with Gasteiger partial charge in [0.15, 0.2) is 9.84 Å². The normalized spacial score (nSPS) is 26.1. The number of hydrogen-bond acceptors (Lipinski definition) is 5. The SMILES string of the molecule is Cc1ccc(/C=C2/SC(=S)N([C@@H]3CCS(=O)(=O)C3)C2=O)cc1. The van der Waals surface area contributed by atoms with Crippen molar-refractivity contribution >= 4 is 50.1 Å². The molecule has 0 bridgehead atoms. The summed E-state index contributed by atoms with van der Waals surface area (Å²) < 4.78 is 23.7. The number of carbonyl (C=O) groups excluding carboxylic acids is 1. The quantitative estimate of drug-likeness (QED) is 0.604. The van der Waals surface area contributed by atoms with Crippen LogP contribution in [-0.4, -0.2) is 41.1 Å². The Labute approximate surface area is 139 Å². The van der Waals surface area contributed by atoms with E-state index in [9.17, 15) is 13.2 Å². The fourth-order valence-corrected chi connectivity index (χ4v) is 5.69. The van der Waals surface area contributed by atoms with Gasteiger partial charge in [-0.25, -0.2) is 8.42 Å². The molecular formula is C15H15NO3S3. The lowest BCUT2D eigenvalue weighted by atomic mass is 10.1. The van der Waals surface area contributed by atoms with Crippen molar-refractivity contribution in [3.05, 3.63) is 40.3 Å². The van der Waals surface area contributed by atoms with E-state index in [4.69, 9.17) is 12.2 Å². The lowest BCUT2D eigenvalue weighted by molar-refractivity contribution is -0.123. The van der Waals surface area contributed by atoms with Crippen LogP contribution in [0.4, 0.5) is 0 Å². The van der Waals surface area contributed by atoms with Crippen LogP contribution in [0, 0.1) is 6.92 Å². The Hall–Kier alpha value is -1.18. The molecule has 1 atom stereocenters. The fraction of sp³-hybridized carbons (Fsp3) is 0.333. The Kier molecular flexibility index (Phi) is 4.13. The molecule has 0 spiro atoms. The molecule has 0 aromatic heterocycles. The van der Waals surface area contributed by atoms with E-state index in [2.05, 4.69) is 0 Å². The van der Waals surface area contributed by atoms with Crippen molar-refractivity contribution in [2.75, 3.05) is 11.5 Å². The molecule has 0 N–H and O–H groups in total. The second-order valence-corrected chi connectivity index (χ2v) is 9.42. The number of amides is 1. The topological polar surface area (TPSA) is 54.5 Å². The first kappa shape index (κ1) is 15.7. The number of rotatable bonds is 2. The molecular weight excluding hydrogens is 338 g/mol. The van der Waals surface area contributed by atoms with Gasteiger partial charge in [0.1, 0.15) is 4.32 Å². The standard InChI is InChI=1S/C15H15NO3S3/c1-10-2-4-11(5-3-10)8-13-14(17)16(15(20)21-13)12-6-7-22(18,19)9-12/h2-5,8,12H,6-7,9H2,1H3/b13-8+/t12-/m1/s1. The molecule has 1 aromatic rings. The monoisotopic (exact) mass is 353 g/mol. The van der Waals surface area contributed by atoms with Gasteiger partial charge in [-0.3, -0.25) is 9.69 Å². The van der Waals surface area contributed by atoms with E-state index in [-0.39, 0.29) is 23.5 Å². The summed E-state index contributed by atoms with van der Waals surface area (Å²) >= 11 is 6.52. The highest BCUT2D eigenvalue weighted by Crippen LogP contribution is 2.36. The van der Waals surface area contributed by atoms with Crippen LogP contribution >= 0.6 is 24.0 Å². The van der Waals surface area contributed by atoms with Crippen molar-refractivity contribution < 1.29 is 13.2 Å². The van der Waals surface area contributed by atoms with Gasteiger partial charge in [-0.1, -0.05) is 53.8 Å². The van der Waals surface area contributed by atoms with E-state index in [1.54, 1.807) is 0 Å². The number of thiocarbonyl (C=S) groups is 1. The van der Waals surface area contributed by atoms with Crippen LogP contribution in [0.15, 0.2) is 29.2 Å². The predicted octanol–water partition coefficient (Wildman–Crippen LogP) is 2.38. The predicted molar refractivity (Wildman–Crippen MR) is 93.2 cm³/mol. The summed E-state index contributed by atoms with van der Waals surface area (Å²) in [6.45, 7) is 2.00. The Morgan fingerprint density at radius 3 is 2.59 bits per heavy atom. The van der Waals surface area contributed by atoms with Gasteiger partial charge in [0.05, 0.1) is 22.5 Å². The van der Waals surface area contributed by atoms with Crippen molar-refractivity contribution in [1.29, 1.82) is 0 Å². The summed E-state index contributed by atoms with van der Waals surface area (Å²) in [4.78, 5) is 14.6. The molecule has 2 fully saturated rings. The molecule has 7 heteroatoms. The molecule has 0 aliphatic carbocycles.